The second-order valence-electron chi connectivity index (χ2n) is 8.36. The zero-order valence-corrected chi connectivity index (χ0v) is 19.2. The quantitative estimate of drug-likeness (QED) is 0.434. The van der Waals surface area contributed by atoms with Gasteiger partial charge in [0.25, 0.3) is 5.91 Å². The molecule has 1 aromatic rings. The van der Waals surface area contributed by atoms with E-state index in [9.17, 15) is 24.3 Å². The normalized spacial score (nSPS) is 23.6. The number of benzene rings is 1. The number of carbonyl (C=O) groups excluding carboxylic acids is 4. The minimum absolute atomic E-state index is 0.0133. The van der Waals surface area contributed by atoms with E-state index >= 15 is 0 Å². The zero-order chi connectivity index (χ0) is 24.2. The number of hydrogen-bond donors (Lipinski definition) is 2. The summed E-state index contributed by atoms with van der Waals surface area (Å²) < 4.78 is 10.1. The van der Waals surface area contributed by atoms with Crippen molar-refractivity contribution in [3.63, 3.8) is 0 Å². The molecule has 3 amide bonds. The molecule has 1 spiro atoms. The summed E-state index contributed by atoms with van der Waals surface area (Å²) >= 11 is 0. The maximum absolute atomic E-state index is 13.4. The lowest BCUT2D eigenvalue weighted by Crippen LogP contribution is -2.79. The van der Waals surface area contributed by atoms with Gasteiger partial charge in [0.1, 0.15) is 24.7 Å². The molecule has 0 saturated carbocycles. The molecule has 2 N–H and O–H groups in total. The van der Waals surface area contributed by atoms with Crippen molar-refractivity contribution in [1.82, 2.24) is 15.1 Å². The number of hydrogen-bond acceptors (Lipinski definition) is 7. The van der Waals surface area contributed by atoms with Crippen molar-refractivity contribution < 1.29 is 33.8 Å². The maximum atomic E-state index is 13.4. The second-order valence-corrected chi connectivity index (χ2v) is 8.36. The average Bonchev–Trinajstić information content (AvgIpc) is 3.27. The summed E-state index contributed by atoms with van der Waals surface area (Å²) in [5.41, 5.74) is -0.312. The number of amides is 3. The molecule has 0 aromatic heterocycles. The maximum Gasteiger partial charge on any atom is 0.408 e. The van der Waals surface area contributed by atoms with Crippen LogP contribution in [0.1, 0.15) is 39.2 Å². The molecule has 2 aliphatic rings. The summed E-state index contributed by atoms with van der Waals surface area (Å²) in [5.74, 6) is -1.40. The molecule has 0 radical (unpaired) electrons. The average molecular weight is 462 g/mol. The Morgan fingerprint density at radius 2 is 1.94 bits per heavy atom. The van der Waals surface area contributed by atoms with Crippen molar-refractivity contribution >= 4 is 23.9 Å². The molecule has 10 heteroatoms. The van der Waals surface area contributed by atoms with Crippen LogP contribution in [0.25, 0.3) is 0 Å². The van der Waals surface area contributed by atoms with Gasteiger partial charge in [0.15, 0.2) is 0 Å². The summed E-state index contributed by atoms with van der Waals surface area (Å²) in [4.78, 5) is 53.4. The summed E-state index contributed by atoms with van der Waals surface area (Å²) in [7, 11) is 0. The van der Waals surface area contributed by atoms with Gasteiger partial charge in [-0.2, -0.15) is 0 Å². The summed E-state index contributed by atoms with van der Waals surface area (Å²) in [6.07, 6.45) is -1.01. The molecule has 3 rings (SSSR count). The number of alkyl carbamates (subject to hydrolysis) is 1. The Labute approximate surface area is 192 Å². The molecule has 0 aliphatic carbocycles. The Kier molecular flexibility index (Phi) is 7.57. The highest BCUT2D eigenvalue weighted by atomic mass is 16.5. The smallest absolute Gasteiger partial charge is 0.408 e. The third-order valence-corrected chi connectivity index (χ3v) is 6.32. The highest BCUT2D eigenvalue weighted by Gasteiger charge is 2.65. The van der Waals surface area contributed by atoms with Crippen molar-refractivity contribution in [2.24, 2.45) is 0 Å². The van der Waals surface area contributed by atoms with E-state index in [1.165, 1.54) is 16.7 Å². The van der Waals surface area contributed by atoms with Gasteiger partial charge in [0.2, 0.25) is 5.91 Å². The molecule has 2 fully saturated rings. The fourth-order valence-corrected chi connectivity index (χ4v) is 4.60. The van der Waals surface area contributed by atoms with Crippen LogP contribution in [0.3, 0.4) is 0 Å². The summed E-state index contributed by atoms with van der Waals surface area (Å²) in [5, 5.41) is 12.7. The number of nitrogens with one attached hydrogen (secondary N) is 1. The van der Waals surface area contributed by atoms with Crippen LogP contribution in [0.4, 0.5) is 4.79 Å². The van der Waals surface area contributed by atoms with Gasteiger partial charge in [-0.3, -0.25) is 14.4 Å². The molecule has 0 bridgehead atoms. The largest absolute Gasteiger partial charge is 0.465 e. The lowest BCUT2D eigenvalue weighted by atomic mass is 9.77. The first kappa shape index (κ1) is 24.5. The highest BCUT2D eigenvalue weighted by Crippen LogP contribution is 2.44. The first-order chi connectivity index (χ1) is 15.7. The van der Waals surface area contributed by atoms with Gasteiger partial charge in [0, 0.05) is 6.54 Å². The first-order valence-electron chi connectivity index (χ1n) is 11.2. The predicted molar refractivity (Wildman–Crippen MR) is 117 cm³/mol. The van der Waals surface area contributed by atoms with Crippen LogP contribution in [-0.2, 0) is 30.5 Å². The Hall–Kier alpha value is -3.14. The number of rotatable bonds is 8. The van der Waals surface area contributed by atoms with E-state index in [0.29, 0.717) is 19.4 Å². The third kappa shape index (κ3) is 4.80. The van der Waals surface area contributed by atoms with Gasteiger partial charge in [-0.05, 0) is 39.2 Å². The van der Waals surface area contributed by atoms with Gasteiger partial charge in [-0.25, -0.2) is 4.79 Å². The van der Waals surface area contributed by atoms with Crippen molar-refractivity contribution in [2.75, 3.05) is 19.7 Å². The third-order valence-electron chi connectivity index (χ3n) is 6.32. The second kappa shape index (κ2) is 10.2. The van der Waals surface area contributed by atoms with Crippen LogP contribution in [0.5, 0.6) is 0 Å². The molecule has 1 aromatic carbocycles. The number of nitrogens with zero attached hydrogens (tertiary/aromatic N) is 2. The molecule has 2 unspecified atom stereocenters. The fourth-order valence-electron chi connectivity index (χ4n) is 4.60. The molecular formula is C23H31N3O7. The lowest BCUT2D eigenvalue weighted by Gasteiger charge is -2.56. The van der Waals surface area contributed by atoms with Crippen LogP contribution >= 0.6 is 0 Å². The van der Waals surface area contributed by atoms with Gasteiger partial charge < -0.3 is 29.7 Å². The van der Waals surface area contributed by atoms with Gasteiger partial charge in [-0.1, -0.05) is 30.3 Å². The van der Waals surface area contributed by atoms with Crippen molar-refractivity contribution in [1.29, 1.82) is 0 Å². The molecule has 4 atom stereocenters. The first-order valence-corrected chi connectivity index (χ1v) is 11.2. The van der Waals surface area contributed by atoms with Gasteiger partial charge in [0.05, 0.1) is 18.8 Å². The number of likely N-dealkylation sites (tertiary alicyclic amines) is 2. The minimum atomic E-state index is -1.28. The van der Waals surface area contributed by atoms with E-state index in [2.05, 4.69) is 5.32 Å². The molecule has 2 heterocycles. The van der Waals surface area contributed by atoms with Crippen molar-refractivity contribution in [3.05, 3.63) is 35.9 Å². The van der Waals surface area contributed by atoms with Crippen LogP contribution in [0, 0.1) is 0 Å². The van der Waals surface area contributed by atoms with E-state index < -0.39 is 41.7 Å². The standard InChI is InChI=1S/C23H31N3O7/c1-4-32-18(28)13-25-16(3)23(21(25)30)11-8-12-26(23)20(29)19(15(2)27)24-22(31)33-14-17-9-6-5-7-10-17/h5-7,9-10,15-16,19,27H,4,8,11-14H2,1-3H3,(H,24,31)/t15-,16?,19+,23?/m1/s1. The molecule has 33 heavy (non-hydrogen) atoms. The SMILES string of the molecule is CCOC(=O)CN1C(=O)C2(CCCN2C(=O)[C@@H](NC(=O)OCc2ccccc2)[C@@H](C)O)C1C. The van der Waals surface area contributed by atoms with Gasteiger partial charge in [-0.15, -0.1) is 0 Å². The number of aliphatic hydroxyl groups excluding tert-OH is 1. The molecule has 2 aliphatic heterocycles. The van der Waals surface area contributed by atoms with E-state index in [1.54, 1.807) is 26.0 Å². The van der Waals surface area contributed by atoms with Crippen LogP contribution < -0.4 is 5.32 Å². The fraction of sp³-hybridized carbons (Fsp3) is 0.565. The van der Waals surface area contributed by atoms with Gasteiger partial charge >= 0.3 is 12.1 Å². The zero-order valence-electron chi connectivity index (χ0n) is 19.2. The van der Waals surface area contributed by atoms with E-state index in [4.69, 9.17) is 9.47 Å². The Morgan fingerprint density at radius 1 is 1.24 bits per heavy atom. The topological polar surface area (TPSA) is 125 Å². The summed E-state index contributed by atoms with van der Waals surface area (Å²) in [6.45, 7) is 5.22. The van der Waals surface area contributed by atoms with Crippen molar-refractivity contribution in [2.45, 2.75) is 63.9 Å². The van der Waals surface area contributed by atoms with Crippen molar-refractivity contribution in [3.8, 4) is 0 Å². The Bertz CT molecular complexity index is 891. The van der Waals surface area contributed by atoms with E-state index in [-0.39, 0.29) is 25.7 Å². The van der Waals surface area contributed by atoms with E-state index in [1.807, 2.05) is 18.2 Å². The number of carbonyl (C=O) groups is 4. The van der Waals surface area contributed by atoms with Crippen LogP contribution in [-0.4, -0.2) is 82.2 Å². The Morgan fingerprint density at radius 3 is 2.55 bits per heavy atom. The molecule has 2 saturated heterocycles. The Balaban J connectivity index is 1.67. The molecular weight excluding hydrogens is 430 g/mol. The summed E-state index contributed by atoms with van der Waals surface area (Å²) in [6, 6.07) is 7.38. The van der Waals surface area contributed by atoms with E-state index in [0.717, 1.165) is 5.56 Å². The predicted octanol–water partition coefficient (Wildman–Crippen LogP) is 0.817. The van der Waals surface area contributed by atoms with Crippen LogP contribution in [0.15, 0.2) is 30.3 Å². The lowest BCUT2D eigenvalue weighted by molar-refractivity contribution is -0.182. The number of ether oxygens (including phenoxy) is 2. The molecule has 10 nitrogen and oxygen atoms in total. The highest BCUT2D eigenvalue weighted by molar-refractivity contribution is 6.01. The minimum Gasteiger partial charge on any atom is -0.465 e. The monoisotopic (exact) mass is 461 g/mol. The molecule has 180 valence electrons. The van der Waals surface area contributed by atoms with Crippen LogP contribution in [0.2, 0.25) is 0 Å². The number of esters is 1. The number of aliphatic hydroxyl groups is 1. The number of β-lactam (4-membered cyclic amide) rings is 1.